The Kier molecular flexibility index (Phi) is 4.35. The van der Waals surface area contributed by atoms with Crippen molar-refractivity contribution in [3.05, 3.63) is 59.4 Å². The Labute approximate surface area is 119 Å². The molecule has 20 heavy (non-hydrogen) atoms. The summed E-state index contributed by atoms with van der Waals surface area (Å²) in [6, 6.07) is 11.3. The van der Waals surface area contributed by atoms with E-state index in [9.17, 15) is 4.79 Å². The lowest BCUT2D eigenvalue weighted by atomic mass is 10.1. The zero-order valence-corrected chi connectivity index (χ0v) is 11.8. The zero-order chi connectivity index (χ0) is 14.5. The number of aromatic nitrogens is 1. The Bertz CT molecular complexity index is 610. The van der Waals surface area contributed by atoms with Gasteiger partial charge in [0.1, 0.15) is 5.69 Å². The van der Waals surface area contributed by atoms with Crippen molar-refractivity contribution in [2.24, 2.45) is 0 Å². The first-order chi connectivity index (χ1) is 9.61. The van der Waals surface area contributed by atoms with Gasteiger partial charge in [-0.15, -0.1) is 0 Å². The molecular weight excluding hydrogens is 250 g/mol. The lowest BCUT2D eigenvalue weighted by Gasteiger charge is -2.21. The van der Waals surface area contributed by atoms with Gasteiger partial charge >= 0.3 is 0 Å². The molecule has 0 aliphatic rings. The third-order valence-corrected chi connectivity index (χ3v) is 3.21. The van der Waals surface area contributed by atoms with Gasteiger partial charge in [-0.3, -0.25) is 9.78 Å². The van der Waals surface area contributed by atoms with Crippen LogP contribution in [0.25, 0.3) is 0 Å². The number of benzene rings is 1. The van der Waals surface area contributed by atoms with E-state index in [1.54, 1.807) is 11.1 Å². The zero-order valence-electron chi connectivity index (χ0n) is 11.8. The summed E-state index contributed by atoms with van der Waals surface area (Å²) in [6.45, 7) is 5.02. The molecule has 2 aromatic rings. The van der Waals surface area contributed by atoms with E-state index in [1.807, 2.05) is 50.2 Å². The van der Waals surface area contributed by atoms with E-state index >= 15 is 0 Å². The number of nitrogen functional groups attached to an aromatic ring is 1. The van der Waals surface area contributed by atoms with Crippen LogP contribution in [0.5, 0.6) is 0 Å². The Balaban J connectivity index is 2.20. The number of rotatable bonds is 4. The van der Waals surface area contributed by atoms with E-state index in [-0.39, 0.29) is 5.91 Å². The van der Waals surface area contributed by atoms with E-state index < -0.39 is 0 Å². The van der Waals surface area contributed by atoms with Crippen molar-refractivity contribution >= 4 is 11.6 Å². The van der Waals surface area contributed by atoms with Crippen LogP contribution in [-0.4, -0.2) is 22.3 Å². The fourth-order valence-corrected chi connectivity index (χ4v) is 2.10. The van der Waals surface area contributed by atoms with E-state index in [1.165, 1.54) is 0 Å². The largest absolute Gasteiger partial charge is 0.399 e. The number of carbonyl (C=O) groups is 1. The van der Waals surface area contributed by atoms with Crippen LogP contribution in [0, 0.1) is 6.92 Å². The Morgan fingerprint density at radius 1 is 1.30 bits per heavy atom. The van der Waals surface area contributed by atoms with Gasteiger partial charge in [0.15, 0.2) is 0 Å². The summed E-state index contributed by atoms with van der Waals surface area (Å²) in [6.07, 6.45) is 1.65. The van der Waals surface area contributed by atoms with Gasteiger partial charge in [0.05, 0.1) is 0 Å². The minimum Gasteiger partial charge on any atom is -0.399 e. The van der Waals surface area contributed by atoms with Crippen LogP contribution in [0.15, 0.2) is 42.6 Å². The Hall–Kier alpha value is -2.36. The van der Waals surface area contributed by atoms with Crippen molar-refractivity contribution in [3.63, 3.8) is 0 Å². The molecule has 2 rings (SSSR count). The lowest BCUT2D eigenvalue weighted by molar-refractivity contribution is 0.0746. The van der Waals surface area contributed by atoms with E-state index in [4.69, 9.17) is 5.73 Å². The first-order valence-corrected chi connectivity index (χ1v) is 6.67. The van der Waals surface area contributed by atoms with Crippen LogP contribution in [0.4, 0.5) is 5.69 Å². The number of nitrogens with two attached hydrogens (primary N) is 1. The molecule has 0 fully saturated rings. The van der Waals surface area contributed by atoms with E-state index in [2.05, 4.69) is 4.98 Å². The normalized spacial score (nSPS) is 10.3. The molecule has 0 aliphatic heterocycles. The molecule has 1 amide bonds. The molecule has 4 nitrogen and oxygen atoms in total. The number of carbonyl (C=O) groups excluding carboxylic acids is 1. The highest BCUT2D eigenvalue weighted by molar-refractivity contribution is 5.93. The van der Waals surface area contributed by atoms with E-state index in [0.717, 1.165) is 11.1 Å². The molecule has 2 N–H and O–H groups in total. The molecule has 0 saturated heterocycles. The van der Waals surface area contributed by atoms with Crippen LogP contribution in [0.2, 0.25) is 0 Å². The van der Waals surface area contributed by atoms with Gasteiger partial charge in [-0.1, -0.05) is 18.2 Å². The monoisotopic (exact) mass is 269 g/mol. The average molecular weight is 269 g/mol. The number of aryl methyl sites for hydroxylation is 1. The number of hydrogen-bond acceptors (Lipinski definition) is 3. The summed E-state index contributed by atoms with van der Waals surface area (Å²) in [5.74, 6) is -0.0481. The standard InChI is InChI=1S/C16H19N3O/c1-3-19(11-13-7-4-8-14(17)10-13)16(20)15-12(2)6-5-9-18-15/h4-10H,3,11,17H2,1-2H3. The summed E-state index contributed by atoms with van der Waals surface area (Å²) in [7, 11) is 0. The fourth-order valence-electron chi connectivity index (χ4n) is 2.10. The molecule has 0 saturated carbocycles. The first kappa shape index (κ1) is 14.1. The van der Waals surface area contributed by atoms with Crippen LogP contribution < -0.4 is 5.73 Å². The molecule has 4 heteroatoms. The maximum atomic E-state index is 12.5. The highest BCUT2D eigenvalue weighted by Gasteiger charge is 2.17. The highest BCUT2D eigenvalue weighted by Crippen LogP contribution is 2.13. The molecule has 0 aliphatic carbocycles. The first-order valence-electron chi connectivity index (χ1n) is 6.67. The van der Waals surface area contributed by atoms with Gasteiger partial charge < -0.3 is 10.6 Å². The Morgan fingerprint density at radius 3 is 2.75 bits per heavy atom. The number of hydrogen-bond donors (Lipinski definition) is 1. The summed E-state index contributed by atoms with van der Waals surface area (Å²) < 4.78 is 0. The predicted molar refractivity (Wildman–Crippen MR) is 80.2 cm³/mol. The highest BCUT2D eigenvalue weighted by atomic mass is 16.2. The van der Waals surface area contributed by atoms with Gasteiger partial charge in [0.2, 0.25) is 0 Å². The second-order valence-electron chi connectivity index (χ2n) is 4.73. The molecule has 0 radical (unpaired) electrons. The average Bonchev–Trinajstić information content (AvgIpc) is 2.44. The number of amides is 1. The van der Waals surface area contributed by atoms with Crippen molar-refractivity contribution in [2.75, 3.05) is 12.3 Å². The van der Waals surface area contributed by atoms with Crippen molar-refractivity contribution in [3.8, 4) is 0 Å². The number of anilines is 1. The smallest absolute Gasteiger partial charge is 0.273 e. The third kappa shape index (κ3) is 3.15. The van der Waals surface area contributed by atoms with Gasteiger partial charge in [0.25, 0.3) is 5.91 Å². The molecule has 0 unspecified atom stereocenters. The number of pyridine rings is 1. The van der Waals surface area contributed by atoms with Crippen molar-refractivity contribution in [1.82, 2.24) is 9.88 Å². The SMILES string of the molecule is CCN(Cc1cccc(N)c1)C(=O)c1ncccc1C. The van der Waals surface area contributed by atoms with Crippen molar-refractivity contribution < 1.29 is 4.79 Å². The van der Waals surface area contributed by atoms with Gasteiger partial charge in [-0.2, -0.15) is 0 Å². The fraction of sp³-hybridized carbons (Fsp3) is 0.250. The number of nitrogens with zero attached hydrogens (tertiary/aromatic N) is 2. The molecule has 0 bridgehead atoms. The quantitative estimate of drug-likeness (QED) is 0.868. The van der Waals surface area contributed by atoms with Crippen molar-refractivity contribution in [1.29, 1.82) is 0 Å². The molecular formula is C16H19N3O. The molecule has 1 aromatic heterocycles. The molecule has 104 valence electrons. The van der Waals surface area contributed by atoms with Crippen LogP contribution in [0.1, 0.15) is 28.5 Å². The minimum atomic E-state index is -0.0481. The summed E-state index contributed by atoms with van der Waals surface area (Å²) in [5, 5.41) is 0. The van der Waals surface area contributed by atoms with E-state index in [0.29, 0.717) is 24.5 Å². The summed E-state index contributed by atoms with van der Waals surface area (Å²) in [4.78, 5) is 18.5. The summed E-state index contributed by atoms with van der Waals surface area (Å²) in [5.41, 5.74) is 8.91. The van der Waals surface area contributed by atoms with Crippen LogP contribution >= 0.6 is 0 Å². The lowest BCUT2D eigenvalue weighted by Crippen LogP contribution is -2.31. The molecule has 1 heterocycles. The molecule has 1 aromatic carbocycles. The van der Waals surface area contributed by atoms with Gasteiger partial charge in [0, 0.05) is 25.0 Å². The third-order valence-electron chi connectivity index (χ3n) is 3.21. The second kappa shape index (κ2) is 6.19. The van der Waals surface area contributed by atoms with Gasteiger partial charge in [-0.05, 0) is 43.2 Å². The van der Waals surface area contributed by atoms with Crippen LogP contribution in [-0.2, 0) is 6.54 Å². The van der Waals surface area contributed by atoms with Crippen LogP contribution in [0.3, 0.4) is 0 Å². The summed E-state index contributed by atoms with van der Waals surface area (Å²) >= 11 is 0. The predicted octanol–water partition coefficient (Wildman–Crippen LogP) is 2.63. The second-order valence-corrected chi connectivity index (χ2v) is 4.73. The Morgan fingerprint density at radius 2 is 2.10 bits per heavy atom. The maximum absolute atomic E-state index is 12.5. The minimum absolute atomic E-state index is 0.0481. The molecule has 0 spiro atoms. The topological polar surface area (TPSA) is 59.2 Å². The van der Waals surface area contributed by atoms with Gasteiger partial charge in [-0.25, -0.2) is 0 Å². The van der Waals surface area contributed by atoms with Crippen molar-refractivity contribution in [2.45, 2.75) is 20.4 Å². The molecule has 0 atom stereocenters. The maximum Gasteiger partial charge on any atom is 0.273 e.